The Morgan fingerprint density at radius 2 is 1.78 bits per heavy atom. The first-order chi connectivity index (χ1) is 10.5. The summed E-state index contributed by atoms with van der Waals surface area (Å²) in [7, 11) is -5.62. The van der Waals surface area contributed by atoms with Gasteiger partial charge in [0.1, 0.15) is 0 Å². The molecule has 0 radical (unpaired) electrons. The van der Waals surface area contributed by atoms with Crippen LogP contribution < -0.4 is 13.8 Å². The van der Waals surface area contributed by atoms with Crippen LogP contribution in [0.5, 0.6) is 11.5 Å². The molecule has 126 valence electrons. The van der Waals surface area contributed by atoms with Crippen molar-refractivity contribution in [2.24, 2.45) is 0 Å². The van der Waals surface area contributed by atoms with Crippen molar-refractivity contribution in [2.75, 3.05) is 10.8 Å². The second-order valence-corrected chi connectivity index (χ2v) is 7.55. The van der Waals surface area contributed by atoms with Gasteiger partial charge in [-0.2, -0.15) is 21.6 Å². The average Bonchev–Trinajstić information content (AvgIpc) is 2.96. The predicted octanol–water partition coefficient (Wildman–Crippen LogP) is 2.71. The quantitative estimate of drug-likeness (QED) is 0.726. The van der Waals surface area contributed by atoms with Gasteiger partial charge in [0.2, 0.25) is 0 Å². The van der Waals surface area contributed by atoms with Crippen molar-refractivity contribution in [3.63, 3.8) is 0 Å². The molecule has 1 saturated carbocycles. The minimum Gasteiger partial charge on any atom is -0.395 e. The van der Waals surface area contributed by atoms with E-state index in [1.807, 2.05) is 0 Å². The lowest BCUT2D eigenvalue weighted by molar-refractivity contribution is -0.287. The smallest absolute Gasteiger partial charge is 0.395 e. The molecule has 1 aliphatic carbocycles. The van der Waals surface area contributed by atoms with Crippen molar-refractivity contribution in [3.05, 3.63) is 17.7 Å². The van der Waals surface area contributed by atoms with E-state index >= 15 is 0 Å². The maximum atomic E-state index is 13.2. The summed E-state index contributed by atoms with van der Waals surface area (Å²) in [4.78, 5) is 0. The maximum Gasteiger partial charge on any atom is 0.586 e. The van der Waals surface area contributed by atoms with Gasteiger partial charge in [-0.25, -0.2) is 0 Å². The van der Waals surface area contributed by atoms with E-state index in [1.165, 1.54) is 0 Å². The van der Waals surface area contributed by atoms with E-state index in [-0.39, 0.29) is 27.1 Å². The molecule has 0 saturated heterocycles. The summed E-state index contributed by atoms with van der Waals surface area (Å²) in [6, 6.07) is 2.02. The number of alkyl halides is 5. The van der Waals surface area contributed by atoms with E-state index < -0.39 is 33.8 Å². The van der Waals surface area contributed by atoms with E-state index in [0.717, 1.165) is 12.1 Å². The number of anilines is 1. The average molecular weight is 357 g/mol. The molecule has 2 aliphatic heterocycles. The first-order valence-corrected chi connectivity index (χ1v) is 7.93. The molecule has 1 spiro atoms. The molecule has 0 atom stereocenters. The van der Waals surface area contributed by atoms with Crippen molar-refractivity contribution in [1.29, 1.82) is 0 Å². The molecule has 3 aliphatic rings. The number of hydrogen-bond donors (Lipinski definition) is 0. The van der Waals surface area contributed by atoms with Crippen molar-refractivity contribution in [1.82, 2.24) is 0 Å². The Kier molecular flexibility index (Phi) is 2.46. The lowest BCUT2D eigenvalue weighted by atomic mass is 9.97. The highest BCUT2D eigenvalue weighted by molar-refractivity contribution is 7.93. The van der Waals surface area contributed by atoms with Crippen LogP contribution in [0, 0.1) is 0 Å². The first-order valence-electron chi connectivity index (χ1n) is 6.49. The molecule has 0 N–H and O–H groups in total. The third-order valence-corrected chi connectivity index (χ3v) is 5.72. The zero-order valence-electron chi connectivity index (χ0n) is 11.2. The second-order valence-electron chi connectivity index (χ2n) is 5.69. The molecule has 5 nitrogen and oxygen atoms in total. The fourth-order valence-electron chi connectivity index (χ4n) is 3.06. The normalized spacial score (nSPS) is 23.3. The topological polar surface area (TPSA) is 55.8 Å². The van der Waals surface area contributed by atoms with Crippen molar-refractivity contribution < 1.29 is 39.8 Å². The van der Waals surface area contributed by atoms with E-state index in [2.05, 4.69) is 9.47 Å². The maximum absolute atomic E-state index is 13.2. The van der Waals surface area contributed by atoms with Crippen LogP contribution in [-0.4, -0.2) is 26.8 Å². The van der Waals surface area contributed by atoms with Gasteiger partial charge in [0.15, 0.2) is 11.5 Å². The van der Waals surface area contributed by atoms with Crippen molar-refractivity contribution >= 4 is 15.7 Å². The molecule has 2 heterocycles. The van der Waals surface area contributed by atoms with Crippen LogP contribution in [0.2, 0.25) is 0 Å². The first kappa shape index (κ1) is 14.8. The number of nitrogens with zero attached hydrogens (tertiary/aromatic N) is 1. The highest BCUT2D eigenvalue weighted by Gasteiger charge is 2.62. The van der Waals surface area contributed by atoms with Gasteiger partial charge in [0.25, 0.3) is 0 Å². The zero-order valence-corrected chi connectivity index (χ0v) is 12.0. The fraction of sp³-hybridized carbons (Fsp3) is 0.500. The van der Waals surface area contributed by atoms with Crippen LogP contribution in [0.25, 0.3) is 0 Å². The monoisotopic (exact) mass is 357 g/mol. The molecular weight excluding hydrogens is 349 g/mol. The Hall–Kier alpha value is -1.78. The summed E-state index contributed by atoms with van der Waals surface area (Å²) >= 11 is 0. The number of benzene rings is 1. The standard InChI is InChI=1S/C12H8F5NO4S/c13-11(14,15)23(19,20)18-5-10(3-4-10)8-6(18)1-2-7-9(8)22-12(16,17)21-7/h1-2H,3-5H2. The number of ether oxygens (including phenoxy) is 2. The van der Waals surface area contributed by atoms with Gasteiger partial charge in [-0.05, 0) is 25.0 Å². The third-order valence-electron chi connectivity index (χ3n) is 4.23. The van der Waals surface area contributed by atoms with Crippen LogP contribution in [0.1, 0.15) is 18.4 Å². The molecule has 1 aromatic rings. The number of hydrogen-bond acceptors (Lipinski definition) is 4. The Morgan fingerprint density at radius 1 is 1.13 bits per heavy atom. The summed E-state index contributed by atoms with van der Waals surface area (Å²) in [5.41, 5.74) is -6.66. The second kappa shape index (κ2) is 3.82. The van der Waals surface area contributed by atoms with Gasteiger partial charge in [-0.3, -0.25) is 4.31 Å². The van der Waals surface area contributed by atoms with Crippen molar-refractivity contribution in [2.45, 2.75) is 30.1 Å². The van der Waals surface area contributed by atoms with Gasteiger partial charge in [-0.1, -0.05) is 0 Å². The number of halogens is 5. The van der Waals surface area contributed by atoms with E-state index in [9.17, 15) is 30.4 Å². The highest BCUT2D eigenvalue weighted by atomic mass is 32.2. The fourth-order valence-corrected chi connectivity index (χ4v) is 4.14. The molecule has 0 unspecified atom stereocenters. The lowest BCUT2D eigenvalue weighted by Gasteiger charge is -2.21. The van der Waals surface area contributed by atoms with Crippen LogP contribution in [-0.2, 0) is 15.4 Å². The van der Waals surface area contributed by atoms with Crippen LogP contribution in [0.4, 0.5) is 27.6 Å². The Bertz CT molecular complexity index is 815. The minimum atomic E-state index is -5.62. The van der Waals surface area contributed by atoms with E-state index in [1.54, 1.807) is 0 Å². The van der Waals surface area contributed by atoms with Gasteiger partial charge in [0, 0.05) is 17.5 Å². The van der Waals surface area contributed by atoms with Gasteiger partial charge in [0.05, 0.1) is 5.69 Å². The van der Waals surface area contributed by atoms with E-state index in [4.69, 9.17) is 0 Å². The summed E-state index contributed by atoms with van der Waals surface area (Å²) in [6.45, 7) is -0.449. The van der Waals surface area contributed by atoms with Crippen LogP contribution >= 0.6 is 0 Å². The molecule has 4 rings (SSSR count). The summed E-state index contributed by atoms with van der Waals surface area (Å²) in [5, 5.41) is 0. The Morgan fingerprint density at radius 3 is 2.35 bits per heavy atom. The number of rotatable bonds is 1. The van der Waals surface area contributed by atoms with E-state index in [0.29, 0.717) is 12.8 Å². The molecule has 23 heavy (non-hydrogen) atoms. The van der Waals surface area contributed by atoms with Crippen LogP contribution in [0.15, 0.2) is 12.1 Å². The summed E-state index contributed by atoms with van der Waals surface area (Å²) < 4.78 is 97.4. The molecule has 1 fully saturated rings. The molecular formula is C12H8F5NO4S. The molecule has 0 aromatic heterocycles. The number of sulfonamides is 1. The largest absolute Gasteiger partial charge is 0.586 e. The van der Waals surface area contributed by atoms with Gasteiger partial charge in [-0.15, -0.1) is 8.78 Å². The van der Waals surface area contributed by atoms with Gasteiger partial charge < -0.3 is 9.47 Å². The summed E-state index contributed by atoms with van der Waals surface area (Å²) in [5.74, 6) is -0.698. The van der Waals surface area contributed by atoms with Gasteiger partial charge >= 0.3 is 21.8 Å². The molecule has 0 amide bonds. The Balaban J connectivity index is 1.90. The zero-order chi connectivity index (χ0) is 16.8. The van der Waals surface area contributed by atoms with Crippen LogP contribution in [0.3, 0.4) is 0 Å². The minimum absolute atomic E-state index is 0.0417. The van der Waals surface area contributed by atoms with Crippen molar-refractivity contribution in [3.8, 4) is 11.5 Å². The third kappa shape index (κ3) is 1.85. The lowest BCUT2D eigenvalue weighted by Crippen LogP contribution is -2.40. The predicted molar refractivity (Wildman–Crippen MR) is 65.9 cm³/mol. The Labute approximate surface area is 126 Å². The highest BCUT2D eigenvalue weighted by Crippen LogP contribution is 2.64. The molecule has 11 heteroatoms. The molecule has 1 aromatic carbocycles. The summed E-state index contributed by atoms with van der Waals surface area (Å²) in [6.07, 6.45) is -3.16. The SMILES string of the molecule is O=S(=O)(N1CC2(CC2)c2c1ccc1c2OC(F)(F)O1)C(F)(F)F. The number of fused-ring (bicyclic) bond motifs is 4. The molecule has 0 bridgehead atoms.